The van der Waals surface area contributed by atoms with E-state index in [1.165, 1.54) is 38.2 Å². The quantitative estimate of drug-likeness (QED) is 0.609. The van der Waals surface area contributed by atoms with Gasteiger partial charge in [-0.3, -0.25) is 4.90 Å². The summed E-state index contributed by atoms with van der Waals surface area (Å²) < 4.78 is 5.24. The molecule has 2 heterocycles. The summed E-state index contributed by atoms with van der Waals surface area (Å²) in [6, 6.07) is 4.30. The maximum Gasteiger partial charge on any atom is 0.335 e. The van der Waals surface area contributed by atoms with Crippen LogP contribution in [0.25, 0.3) is 0 Å². The number of aliphatic hydroxyl groups excluding tert-OH is 1. The highest BCUT2D eigenvalue weighted by atomic mass is 16.4. The Morgan fingerprint density at radius 3 is 2.71 bits per heavy atom. The van der Waals surface area contributed by atoms with Crippen molar-refractivity contribution in [3.05, 3.63) is 34.4 Å². The van der Waals surface area contributed by atoms with E-state index in [2.05, 4.69) is 24.1 Å². The highest BCUT2D eigenvalue weighted by Gasteiger charge is 2.67. The van der Waals surface area contributed by atoms with E-state index in [1.807, 2.05) is 6.07 Å². The Balaban J connectivity index is 1.23. The van der Waals surface area contributed by atoms with Gasteiger partial charge < -0.3 is 19.9 Å². The van der Waals surface area contributed by atoms with Crippen molar-refractivity contribution in [3.63, 3.8) is 0 Å². The number of piperazine rings is 1. The molecule has 1 aromatic heterocycles. The second-order valence-electron chi connectivity index (χ2n) is 13.1. The van der Waals surface area contributed by atoms with Crippen LogP contribution in [0.5, 0.6) is 0 Å². The van der Waals surface area contributed by atoms with Gasteiger partial charge in [0, 0.05) is 43.2 Å². The fourth-order valence-corrected chi connectivity index (χ4v) is 10.0. The van der Waals surface area contributed by atoms with Gasteiger partial charge in [-0.15, -0.1) is 0 Å². The molecule has 1 aromatic rings. The second kappa shape index (κ2) is 8.68. The van der Waals surface area contributed by atoms with E-state index in [0.29, 0.717) is 29.2 Å². The van der Waals surface area contributed by atoms with Gasteiger partial charge in [-0.1, -0.05) is 13.8 Å². The molecule has 0 amide bonds. The molecule has 6 rings (SSSR count). The van der Waals surface area contributed by atoms with E-state index < -0.39 is 5.60 Å². The molecule has 6 heteroatoms. The van der Waals surface area contributed by atoms with Gasteiger partial charge >= 0.3 is 5.63 Å². The molecule has 6 nitrogen and oxygen atoms in total. The van der Waals surface area contributed by atoms with Crippen LogP contribution in [0.3, 0.4) is 0 Å². The summed E-state index contributed by atoms with van der Waals surface area (Å²) in [4.78, 5) is 14.1. The van der Waals surface area contributed by atoms with Crippen molar-refractivity contribution in [2.45, 2.75) is 95.2 Å². The van der Waals surface area contributed by atoms with E-state index in [1.54, 1.807) is 6.26 Å². The minimum absolute atomic E-state index is 0.163. The molecular formula is C29H44N2O4. The van der Waals surface area contributed by atoms with Crippen LogP contribution in [0.2, 0.25) is 0 Å². The summed E-state index contributed by atoms with van der Waals surface area (Å²) in [5.74, 6) is 1.92. The maximum atomic E-state index is 12.4. The van der Waals surface area contributed by atoms with E-state index in [9.17, 15) is 15.0 Å². The van der Waals surface area contributed by atoms with Gasteiger partial charge in [0.05, 0.1) is 18.5 Å². The Kier molecular flexibility index (Phi) is 5.99. The molecule has 1 unspecified atom stereocenters. The number of aliphatic hydroxyl groups is 2. The molecule has 4 aliphatic carbocycles. The predicted octanol–water partition coefficient (Wildman–Crippen LogP) is 3.52. The van der Waals surface area contributed by atoms with Gasteiger partial charge in [-0.25, -0.2) is 4.79 Å². The van der Waals surface area contributed by atoms with Crippen molar-refractivity contribution >= 4 is 0 Å². The number of nitrogens with zero attached hydrogens (tertiary/aromatic N) is 1. The standard InChI is InChI=1S/C29H44N2O4/c1-27-10-7-21(31-14-13-30-16-22(31)17-32)15-20(27)4-5-25-24(27)8-11-28(2)23(9-12-29(25,28)34)19-3-6-26(33)35-18-19/h3,6,18,20-25,30,32,34H,4-5,7-17H2,1-2H3/t20?,21-,22-,23+,24-,25+,27-,28+,29-/m0/s1. The maximum absolute atomic E-state index is 12.4. The summed E-state index contributed by atoms with van der Waals surface area (Å²) in [6.45, 7) is 8.08. The van der Waals surface area contributed by atoms with Gasteiger partial charge in [-0.05, 0) is 98.5 Å². The lowest BCUT2D eigenvalue weighted by molar-refractivity contribution is -0.204. The lowest BCUT2D eigenvalue weighted by Crippen LogP contribution is -2.63. The number of hydrogen-bond acceptors (Lipinski definition) is 6. The zero-order chi connectivity index (χ0) is 24.4. The molecule has 3 N–H and O–H groups in total. The largest absolute Gasteiger partial charge is 0.431 e. The third-order valence-corrected chi connectivity index (χ3v) is 12.0. The molecule has 35 heavy (non-hydrogen) atoms. The zero-order valence-electron chi connectivity index (χ0n) is 21.5. The SMILES string of the molecule is C[C@]12CC[C@H](N3CCNC[C@H]3CO)CC1CC[C@@H]1[C@@H]2CC[C@]2(C)[C@@H](c3ccc(=O)oc3)CC[C@]12O. The van der Waals surface area contributed by atoms with Crippen molar-refractivity contribution in [1.82, 2.24) is 10.2 Å². The lowest BCUT2D eigenvalue weighted by atomic mass is 9.43. The molecular weight excluding hydrogens is 440 g/mol. The van der Waals surface area contributed by atoms with E-state index >= 15 is 0 Å². The predicted molar refractivity (Wildman–Crippen MR) is 135 cm³/mol. The van der Waals surface area contributed by atoms with Crippen molar-refractivity contribution < 1.29 is 14.6 Å². The average Bonchev–Trinajstić information content (AvgIpc) is 3.15. The van der Waals surface area contributed by atoms with Crippen LogP contribution < -0.4 is 10.9 Å². The van der Waals surface area contributed by atoms with E-state index in [0.717, 1.165) is 50.9 Å². The summed E-state index contributed by atoms with van der Waals surface area (Å²) in [5.41, 5.74) is 0.280. The number of fused-ring (bicyclic) bond motifs is 5. The lowest BCUT2D eigenvalue weighted by Gasteiger charge is -2.64. The van der Waals surface area contributed by atoms with Crippen LogP contribution in [0.1, 0.15) is 83.1 Å². The van der Waals surface area contributed by atoms with Crippen LogP contribution >= 0.6 is 0 Å². The molecule has 0 radical (unpaired) electrons. The van der Waals surface area contributed by atoms with Crippen LogP contribution in [-0.4, -0.2) is 59.0 Å². The molecule has 5 fully saturated rings. The van der Waals surface area contributed by atoms with Gasteiger partial charge in [0.25, 0.3) is 0 Å². The first-order valence-electron chi connectivity index (χ1n) is 14.2. The highest BCUT2D eigenvalue weighted by Crippen LogP contribution is 2.70. The van der Waals surface area contributed by atoms with Crippen molar-refractivity contribution in [2.75, 3.05) is 26.2 Å². The van der Waals surface area contributed by atoms with Gasteiger partial charge in [0.2, 0.25) is 0 Å². The van der Waals surface area contributed by atoms with Crippen LogP contribution in [0, 0.1) is 28.6 Å². The smallest absolute Gasteiger partial charge is 0.335 e. The van der Waals surface area contributed by atoms with Crippen LogP contribution in [0.15, 0.2) is 27.6 Å². The summed E-state index contributed by atoms with van der Waals surface area (Å²) in [5, 5.41) is 25.9. The molecule has 5 aliphatic rings. The van der Waals surface area contributed by atoms with Crippen molar-refractivity contribution in [1.29, 1.82) is 0 Å². The first-order valence-corrected chi connectivity index (χ1v) is 14.2. The fourth-order valence-electron chi connectivity index (χ4n) is 10.0. The molecule has 0 bridgehead atoms. The normalized spacial score (nSPS) is 48.1. The number of rotatable bonds is 3. The van der Waals surface area contributed by atoms with Crippen LogP contribution in [0.4, 0.5) is 0 Å². The third kappa shape index (κ3) is 3.53. The molecule has 0 aromatic carbocycles. The minimum Gasteiger partial charge on any atom is -0.431 e. The molecule has 1 saturated heterocycles. The Hall–Kier alpha value is -1.21. The van der Waals surface area contributed by atoms with Gasteiger partial charge in [0.1, 0.15) is 0 Å². The minimum atomic E-state index is -0.637. The molecule has 0 spiro atoms. The van der Waals surface area contributed by atoms with E-state index in [-0.39, 0.29) is 29.6 Å². The Labute approximate surface area is 209 Å². The molecule has 9 atom stereocenters. The van der Waals surface area contributed by atoms with Crippen molar-refractivity contribution in [2.24, 2.45) is 28.6 Å². The number of nitrogens with one attached hydrogen (secondary N) is 1. The Morgan fingerprint density at radius 2 is 1.94 bits per heavy atom. The van der Waals surface area contributed by atoms with E-state index in [4.69, 9.17) is 4.42 Å². The first kappa shape index (κ1) is 24.1. The Morgan fingerprint density at radius 1 is 1.09 bits per heavy atom. The molecule has 1 aliphatic heterocycles. The van der Waals surface area contributed by atoms with Gasteiger partial charge in [-0.2, -0.15) is 0 Å². The summed E-state index contributed by atoms with van der Waals surface area (Å²) in [7, 11) is 0. The zero-order valence-corrected chi connectivity index (χ0v) is 21.5. The van der Waals surface area contributed by atoms with Crippen molar-refractivity contribution in [3.8, 4) is 0 Å². The summed E-state index contributed by atoms with van der Waals surface area (Å²) in [6.07, 6.45) is 11.8. The average molecular weight is 485 g/mol. The third-order valence-electron chi connectivity index (χ3n) is 12.0. The monoisotopic (exact) mass is 484 g/mol. The second-order valence-corrected chi connectivity index (χ2v) is 13.1. The Bertz CT molecular complexity index is 977. The highest BCUT2D eigenvalue weighted by molar-refractivity contribution is 5.27. The number of hydrogen-bond donors (Lipinski definition) is 3. The summed E-state index contributed by atoms with van der Waals surface area (Å²) >= 11 is 0. The molecule has 4 saturated carbocycles. The van der Waals surface area contributed by atoms with Crippen LogP contribution in [-0.2, 0) is 0 Å². The fraction of sp³-hybridized carbons (Fsp3) is 0.828. The first-order chi connectivity index (χ1) is 16.8. The topological polar surface area (TPSA) is 85.9 Å². The van der Waals surface area contributed by atoms with Gasteiger partial charge in [0.15, 0.2) is 0 Å². The molecule has 194 valence electrons.